The number of nitrogens with one attached hydrogen (secondary N) is 2. The summed E-state index contributed by atoms with van der Waals surface area (Å²) in [6, 6.07) is 9.75. The lowest BCUT2D eigenvalue weighted by molar-refractivity contribution is 0.122. The molecule has 2 aromatic heterocycles. The van der Waals surface area contributed by atoms with Crippen LogP contribution in [0.2, 0.25) is 0 Å². The Balaban J connectivity index is 1.46. The minimum Gasteiger partial charge on any atom is -0.395 e. The van der Waals surface area contributed by atoms with Crippen LogP contribution in [0.1, 0.15) is 23.9 Å². The van der Waals surface area contributed by atoms with Gasteiger partial charge in [0, 0.05) is 42.9 Å². The third-order valence-corrected chi connectivity index (χ3v) is 6.26. The number of fused-ring (bicyclic) bond motifs is 1. The molecular formula is C24H26N8O2. The Hall–Kier alpha value is -3.81. The average molecular weight is 459 g/mol. The predicted octanol–water partition coefficient (Wildman–Crippen LogP) is 2.37. The minimum atomic E-state index is -0.459. The summed E-state index contributed by atoms with van der Waals surface area (Å²) in [5, 5.41) is 26.1. The molecule has 10 nitrogen and oxygen atoms in total. The maximum atomic E-state index is 9.96. The summed E-state index contributed by atoms with van der Waals surface area (Å²) >= 11 is 0. The smallest absolute Gasteiger partial charge is 0.228 e. The van der Waals surface area contributed by atoms with Crippen molar-refractivity contribution in [3.8, 4) is 17.3 Å². The topological polar surface area (TPSA) is 132 Å². The zero-order chi connectivity index (χ0) is 23.7. The van der Waals surface area contributed by atoms with E-state index in [1.165, 1.54) is 0 Å². The molecule has 0 unspecified atom stereocenters. The van der Waals surface area contributed by atoms with E-state index in [-0.39, 0.29) is 6.61 Å². The van der Waals surface area contributed by atoms with Gasteiger partial charge in [0.05, 0.1) is 36.8 Å². The van der Waals surface area contributed by atoms with E-state index in [1.807, 2.05) is 32.0 Å². The fourth-order valence-electron chi connectivity index (χ4n) is 4.33. The van der Waals surface area contributed by atoms with Crippen molar-refractivity contribution < 1.29 is 9.84 Å². The van der Waals surface area contributed by atoms with Gasteiger partial charge in [-0.25, -0.2) is 19.9 Å². The predicted molar refractivity (Wildman–Crippen MR) is 128 cm³/mol. The molecule has 1 atom stereocenters. The first-order chi connectivity index (χ1) is 16.5. The summed E-state index contributed by atoms with van der Waals surface area (Å²) < 4.78 is 5.44. The largest absolute Gasteiger partial charge is 0.395 e. The van der Waals surface area contributed by atoms with Crippen molar-refractivity contribution in [2.75, 3.05) is 55.0 Å². The molecule has 0 spiro atoms. The molecule has 2 aliphatic rings. The van der Waals surface area contributed by atoms with Crippen molar-refractivity contribution in [1.29, 1.82) is 5.26 Å². The van der Waals surface area contributed by atoms with Crippen LogP contribution in [0.3, 0.4) is 0 Å². The highest BCUT2D eigenvalue weighted by Crippen LogP contribution is 2.41. The maximum Gasteiger partial charge on any atom is 0.228 e. The van der Waals surface area contributed by atoms with Gasteiger partial charge in [-0.05, 0) is 30.7 Å². The number of ether oxygens (including phenoxy) is 1. The Morgan fingerprint density at radius 3 is 2.82 bits per heavy atom. The van der Waals surface area contributed by atoms with Crippen molar-refractivity contribution in [2.45, 2.75) is 19.3 Å². The molecule has 0 amide bonds. The maximum absolute atomic E-state index is 9.96. The first kappa shape index (κ1) is 22.0. The molecule has 1 saturated heterocycles. The van der Waals surface area contributed by atoms with E-state index in [9.17, 15) is 10.4 Å². The molecule has 0 saturated carbocycles. The number of benzene rings is 1. The van der Waals surface area contributed by atoms with Gasteiger partial charge in [0.15, 0.2) is 0 Å². The fraction of sp³-hybridized carbons (Fsp3) is 0.375. The molecule has 10 heteroatoms. The summed E-state index contributed by atoms with van der Waals surface area (Å²) in [6.07, 6.45) is 1.67. The van der Waals surface area contributed by atoms with Gasteiger partial charge in [0.2, 0.25) is 5.95 Å². The van der Waals surface area contributed by atoms with E-state index in [4.69, 9.17) is 4.74 Å². The average Bonchev–Trinajstić information content (AvgIpc) is 3.21. The van der Waals surface area contributed by atoms with Crippen molar-refractivity contribution in [2.24, 2.45) is 0 Å². The fourth-order valence-corrected chi connectivity index (χ4v) is 4.33. The molecule has 3 aromatic rings. The van der Waals surface area contributed by atoms with Gasteiger partial charge >= 0.3 is 0 Å². The van der Waals surface area contributed by atoms with Crippen LogP contribution in [0, 0.1) is 18.3 Å². The number of rotatable bonds is 5. The van der Waals surface area contributed by atoms with E-state index < -0.39 is 5.41 Å². The van der Waals surface area contributed by atoms with Gasteiger partial charge in [-0.3, -0.25) is 0 Å². The summed E-state index contributed by atoms with van der Waals surface area (Å²) in [6.45, 7) is 7.30. The van der Waals surface area contributed by atoms with Crippen molar-refractivity contribution in [3.05, 3.63) is 47.4 Å². The van der Waals surface area contributed by atoms with Crippen LogP contribution in [-0.4, -0.2) is 64.5 Å². The lowest BCUT2D eigenvalue weighted by Crippen LogP contribution is -2.36. The Morgan fingerprint density at radius 2 is 2.06 bits per heavy atom. The van der Waals surface area contributed by atoms with Crippen molar-refractivity contribution in [1.82, 2.24) is 19.9 Å². The van der Waals surface area contributed by atoms with Crippen molar-refractivity contribution in [3.63, 3.8) is 0 Å². The number of aliphatic hydroxyl groups is 1. The molecule has 4 heterocycles. The molecule has 1 fully saturated rings. The lowest BCUT2D eigenvalue weighted by Gasteiger charge is -2.28. The molecular weight excluding hydrogens is 432 g/mol. The third kappa shape index (κ3) is 4.11. The minimum absolute atomic E-state index is 0.0174. The molecule has 2 aliphatic heterocycles. The normalized spacial score (nSPS) is 19.3. The Labute approximate surface area is 197 Å². The van der Waals surface area contributed by atoms with Crippen LogP contribution in [0.25, 0.3) is 11.3 Å². The molecule has 0 radical (unpaired) electrons. The number of nitrogens with zero attached hydrogens (tertiary/aromatic N) is 6. The monoisotopic (exact) mass is 458 g/mol. The Morgan fingerprint density at radius 1 is 1.24 bits per heavy atom. The molecule has 34 heavy (non-hydrogen) atoms. The van der Waals surface area contributed by atoms with Crippen LogP contribution < -0.4 is 15.5 Å². The van der Waals surface area contributed by atoms with E-state index in [0.717, 1.165) is 35.7 Å². The number of aromatic nitrogens is 4. The summed E-state index contributed by atoms with van der Waals surface area (Å²) in [5.74, 6) is 2.48. The molecule has 3 N–H and O–H groups in total. The summed E-state index contributed by atoms with van der Waals surface area (Å²) in [7, 11) is 0. The number of hydrogen-bond donors (Lipinski definition) is 3. The number of aliphatic hydroxyl groups excluding tert-OH is 1. The molecule has 0 bridgehead atoms. The molecule has 1 aromatic carbocycles. The second kappa shape index (κ2) is 8.85. The highest BCUT2D eigenvalue weighted by Gasteiger charge is 2.36. The zero-order valence-electron chi connectivity index (χ0n) is 19.2. The van der Waals surface area contributed by atoms with Crippen molar-refractivity contribution >= 4 is 23.3 Å². The number of aryl methyl sites for hydroxylation is 1. The number of nitriles is 1. The van der Waals surface area contributed by atoms with Crippen LogP contribution in [0.5, 0.6) is 0 Å². The Bertz CT molecular complexity index is 1270. The summed E-state index contributed by atoms with van der Waals surface area (Å²) in [4.78, 5) is 20.3. The van der Waals surface area contributed by atoms with Gasteiger partial charge in [0.25, 0.3) is 0 Å². The number of morpholine rings is 1. The quantitative estimate of drug-likeness (QED) is 0.523. The van der Waals surface area contributed by atoms with Gasteiger partial charge in [-0.15, -0.1) is 0 Å². The van der Waals surface area contributed by atoms with E-state index in [1.54, 1.807) is 12.3 Å². The Kier molecular flexibility index (Phi) is 5.73. The van der Waals surface area contributed by atoms with Gasteiger partial charge in [-0.2, -0.15) is 5.26 Å². The highest BCUT2D eigenvalue weighted by atomic mass is 16.5. The lowest BCUT2D eigenvalue weighted by atomic mass is 9.83. The number of anilines is 4. The molecule has 5 rings (SSSR count). The molecule has 0 aliphatic carbocycles. The van der Waals surface area contributed by atoms with Crippen LogP contribution in [0.4, 0.5) is 23.3 Å². The van der Waals surface area contributed by atoms with Crippen LogP contribution >= 0.6 is 0 Å². The van der Waals surface area contributed by atoms with E-state index in [2.05, 4.69) is 41.5 Å². The van der Waals surface area contributed by atoms with Gasteiger partial charge < -0.3 is 25.4 Å². The van der Waals surface area contributed by atoms with Crippen LogP contribution in [0.15, 0.2) is 30.5 Å². The van der Waals surface area contributed by atoms with E-state index in [0.29, 0.717) is 48.6 Å². The SMILES string of the molecule is Cc1nc(Nc2nccc(-c3cc(C#N)c4c(c3)[C@@](C)(CO)CN4)n2)cc(N2CCOCC2)n1. The standard InChI is InChI=1S/C24H26N8O2/c1-15-28-20(11-21(29-15)32-5-7-34-8-6-32)31-23-26-4-3-19(30-23)16-9-17(12-25)22-18(10-16)24(2,14-33)13-27-22/h3-4,9-11,27,33H,5-8,13-14H2,1-2H3,(H,26,28,29,30,31)/t24-/m1/s1. The zero-order valence-corrected chi connectivity index (χ0v) is 19.2. The van der Waals surface area contributed by atoms with E-state index >= 15 is 0 Å². The van der Waals surface area contributed by atoms with Crippen LogP contribution in [-0.2, 0) is 10.2 Å². The third-order valence-electron chi connectivity index (χ3n) is 6.26. The van der Waals surface area contributed by atoms with Gasteiger partial charge in [0.1, 0.15) is 23.5 Å². The summed E-state index contributed by atoms with van der Waals surface area (Å²) in [5.41, 5.74) is 3.22. The second-order valence-corrected chi connectivity index (χ2v) is 8.78. The first-order valence-corrected chi connectivity index (χ1v) is 11.2. The first-order valence-electron chi connectivity index (χ1n) is 11.2. The second-order valence-electron chi connectivity index (χ2n) is 8.78. The number of hydrogen-bond acceptors (Lipinski definition) is 10. The molecule has 174 valence electrons. The van der Waals surface area contributed by atoms with Gasteiger partial charge in [-0.1, -0.05) is 6.92 Å². The highest BCUT2D eigenvalue weighted by molar-refractivity contribution is 5.76.